The van der Waals surface area contributed by atoms with Gasteiger partial charge >= 0.3 is 0 Å². The van der Waals surface area contributed by atoms with E-state index >= 15 is 0 Å². The van der Waals surface area contributed by atoms with Crippen molar-refractivity contribution in [1.82, 2.24) is 5.43 Å². The van der Waals surface area contributed by atoms with E-state index in [2.05, 4.69) is 52.5 Å². The molecular weight excluding hydrogens is 316 g/mol. The second kappa shape index (κ2) is 6.88. The molecule has 0 aliphatic heterocycles. The first kappa shape index (κ1) is 15.0. The van der Waals surface area contributed by atoms with E-state index in [1.54, 1.807) is 7.11 Å². The predicted octanol–water partition coefficient (Wildman–Crippen LogP) is 3.51. The SMILES string of the molecule is COc1ccc(CC(NN)c2ccccc2C)cc1Br. The zero-order valence-electron chi connectivity index (χ0n) is 11.7. The van der Waals surface area contributed by atoms with Crippen molar-refractivity contribution in [3.8, 4) is 5.75 Å². The fourth-order valence-corrected chi connectivity index (χ4v) is 2.90. The summed E-state index contributed by atoms with van der Waals surface area (Å²) in [6.07, 6.45) is 0.823. The first-order valence-electron chi connectivity index (χ1n) is 6.49. The highest BCUT2D eigenvalue weighted by Gasteiger charge is 2.13. The quantitative estimate of drug-likeness (QED) is 0.649. The molecule has 0 bridgehead atoms. The molecule has 0 saturated heterocycles. The monoisotopic (exact) mass is 334 g/mol. The van der Waals surface area contributed by atoms with Crippen molar-refractivity contribution in [1.29, 1.82) is 0 Å². The Bertz CT molecular complexity index is 586. The van der Waals surface area contributed by atoms with Crippen molar-refractivity contribution >= 4 is 15.9 Å². The van der Waals surface area contributed by atoms with Crippen LogP contribution >= 0.6 is 15.9 Å². The number of halogens is 1. The Kier molecular flexibility index (Phi) is 5.17. The molecule has 20 heavy (non-hydrogen) atoms. The maximum Gasteiger partial charge on any atom is 0.133 e. The van der Waals surface area contributed by atoms with Gasteiger partial charge < -0.3 is 4.74 Å². The fraction of sp³-hybridized carbons (Fsp3) is 0.250. The number of hydrazine groups is 1. The summed E-state index contributed by atoms with van der Waals surface area (Å²) in [5, 5.41) is 0. The van der Waals surface area contributed by atoms with Crippen LogP contribution in [-0.2, 0) is 6.42 Å². The predicted molar refractivity (Wildman–Crippen MR) is 85.6 cm³/mol. The zero-order valence-corrected chi connectivity index (χ0v) is 13.3. The molecule has 0 aliphatic rings. The Hall–Kier alpha value is -1.36. The highest BCUT2D eigenvalue weighted by Crippen LogP contribution is 2.28. The van der Waals surface area contributed by atoms with Crippen LogP contribution in [0.4, 0.5) is 0 Å². The molecule has 0 aromatic heterocycles. The van der Waals surface area contributed by atoms with Gasteiger partial charge in [-0.1, -0.05) is 30.3 Å². The number of benzene rings is 2. The molecule has 106 valence electrons. The minimum atomic E-state index is 0.0940. The standard InChI is InChI=1S/C16H19BrN2O/c1-11-5-3-4-6-13(11)15(19-18)10-12-7-8-16(20-2)14(17)9-12/h3-9,15,19H,10,18H2,1-2H3. The molecular formula is C16H19BrN2O. The number of hydrogen-bond acceptors (Lipinski definition) is 3. The summed E-state index contributed by atoms with van der Waals surface area (Å²) >= 11 is 3.51. The lowest BCUT2D eigenvalue weighted by molar-refractivity contribution is 0.412. The second-order valence-corrected chi connectivity index (χ2v) is 5.60. The third kappa shape index (κ3) is 3.39. The molecule has 1 unspecified atom stereocenters. The third-order valence-electron chi connectivity index (χ3n) is 3.42. The van der Waals surface area contributed by atoms with E-state index in [0.717, 1.165) is 16.6 Å². The summed E-state index contributed by atoms with van der Waals surface area (Å²) in [7, 11) is 1.66. The van der Waals surface area contributed by atoms with E-state index in [1.165, 1.54) is 16.7 Å². The van der Waals surface area contributed by atoms with Crippen molar-refractivity contribution in [2.45, 2.75) is 19.4 Å². The summed E-state index contributed by atoms with van der Waals surface area (Å²) < 4.78 is 6.20. The molecule has 0 spiro atoms. The molecule has 3 N–H and O–H groups in total. The average molecular weight is 335 g/mol. The number of methoxy groups -OCH3 is 1. The van der Waals surface area contributed by atoms with Crippen LogP contribution in [0.5, 0.6) is 5.75 Å². The number of nitrogens with one attached hydrogen (secondary N) is 1. The van der Waals surface area contributed by atoms with Gasteiger partial charge in [-0.2, -0.15) is 0 Å². The van der Waals surface area contributed by atoms with Crippen LogP contribution in [0.25, 0.3) is 0 Å². The van der Waals surface area contributed by atoms with Crippen LogP contribution < -0.4 is 16.0 Å². The van der Waals surface area contributed by atoms with Gasteiger partial charge in [0.05, 0.1) is 17.6 Å². The molecule has 2 rings (SSSR count). The average Bonchev–Trinajstić information content (AvgIpc) is 2.46. The van der Waals surface area contributed by atoms with E-state index < -0.39 is 0 Å². The topological polar surface area (TPSA) is 47.3 Å². The molecule has 0 saturated carbocycles. The molecule has 0 fully saturated rings. The molecule has 1 atom stereocenters. The Morgan fingerprint density at radius 3 is 2.60 bits per heavy atom. The van der Waals surface area contributed by atoms with Crippen molar-refractivity contribution < 1.29 is 4.74 Å². The lowest BCUT2D eigenvalue weighted by Crippen LogP contribution is -2.30. The van der Waals surface area contributed by atoms with Crippen molar-refractivity contribution in [2.24, 2.45) is 5.84 Å². The minimum Gasteiger partial charge on any atom is -0.496 e. The largest absolute Gasteiger partial charge is 0.496 e. The van der Waals surface area contributed by atoms with Crippen LogP contribution in [0, 0.1) is 6.92 Å². The van der Waals surface area contributed by atoms with E-state index in [1.807, 2.05) is 18.2 Å². The van der Waals surface area contributed by atoms with Crippen molar-refractivity contribution in [3.63, 3.8) is 0 Å². The molecule has 0 heterocycles. The summed E-state index contributed by atoms with van der Waals surface area (Å²) in [4.78, 5) is 0. The molecule has 4 heteroatoms. The first-order chi connectivity index (χ1) is 9.65. The van der Waals surface area contributed by atoms with Crippen molar-refractivity contribution in [2.75, 3.05) is 7.11 Å². The second-order valence-electron chi connectivity index (χ2n) is 4.75. The van der Waals surface area contributed by atoms with E-state index in [9.17, 15) is 0 Å². The Morgan fingerprint density at radius 2 is 2.00 bits per heavy atom. The van der Waals surface area contributed by atoms with Crippen molar-refractivity contribution in [3.05, 3.63) is 63.6 Å². The highest BCUT2D eigenvalue weighted by molar-refractivity contribution is 9.10. The van der Waals surface area contributed by atoms with E-state index in [-0.39, 0.29) is 6.04 Å². The highest BCUT2D eigenvalue weighted by atomic mass is 79.9. The van der Waals surface area contributed by atoms with Gasteiger partial charge in [0.2, 0.25) is 0 Å². The minimum absolute atomic E-state index is 0.0940. The van der Waals surface area contributed by atoms with Gasteiger partial charge in [-0.15, -0.1) is 0 Å². The Balaban J connectivity index is 2.23. The molecule has 2 aromatic rings. The summed E-state index contributed by atoms with van der Waals surface area (Å²) in [6, 6.07) is 14.5. The lowest BCUT2D eigenvalue weighted by Gasteiger charge is -2.19. The van der Waals surface area contributed by atoms with Gasteiger partial charge in [0.1, 0.15) is 5.75 Å². The molecule has 2 aromatic carbocycles. The number of ether oxygens (including phenoxy) is 1. The normalized spacial score (nSPS) is 12.2. The third-order valence-corrected chi connectivity index (χ3v) is 4.04. The van der Waals surface area contributed by atoms with E-state index in [4.69, 9.17) is 10.6 Å². The maximum absolute atomic E-state index is 5.73. The van der Waals surface area contributed by atoms with Crippen LogP contribution in [-0.4, -0.2) is 7.11 Å². The molecule has 0 aliphatic carbocycles. The molecule has 0 radical (unpaired) electrons. The number of aryl methyl sites for hydroxylation is 1. The van der Waals surface area contributed by atoms with Gasteiger partial charge in [-0.05, 0) is 58.1 Å². The first-order valence-corrected chi connectivity index (χ1v) is 7.29. The van der Waals surface area contributed by atoms with Crippen LogP contribution in [0.2, 0.25) is 0 Å². The Labute approximate surface area is 128 Å². The smallest absolute Gasteiger partial charge is 0.133 e. The molecule has 3 nitrogen and oxygen atoms in total. The summed E-state index contributed by atoms with van der Waals surface area (Å²) in [6.45, 7) is 2.10. The lowest BCUT2D eigenvalue weighted by atomic mass is 9.96. The fourth-order valence-electron chi connectivity index (χ4n) is 2.31. The van der Waals surface area contributed by atoms with Crippen LogP contribution in [0.3, 0.4) is 0 Å². The van der Waals surface area contributed by atoms with E-state index in [0.29, 0.717) is 0 Å². The number of nitrogens with two attached hydrogens (primary N) is 1. The van der Waals surface area contributed by atoms with Gasteiger partial charge in [0.25, 0.3) is 0 Å². The van der Waals surface area contributed by atoms with Crippen LogP contribution in [0.1, 0.15) is 22.7 Å². The van der Waals surface area contributed by atoms with Crippen LogP contribution in [0.15, 0.2) is 46.9 Å². The number of hydrogen-bond donors (Lipinski definition) is 2. The Morgan fingerprint density at radius 1 is 1.25 bits per heavy atom. The summed E-state index contributed by atoms with van der Waals surface area (Å²) in [5.74, 6) is 6.56. The van der Waals surface area contributed by atoms with Gasteiger partial charge in [0, 0.05) is 0 Å². The number of rotatable bonds is 5. The maximum atomic E-state index is 5.73. The van der Waals surface area contributed by atoms with Gasteiger partial charge in [-0.3, -0.25) is 11.3 Å². The zero-order chi connectivity index (χ0) is 14.5. The molecule has 0 amide bonds. The van der Waals surface area contributed by atoms with Gasteiger partial charge in [-0.25, -0.2) is 0 Å². The summed E-state index contributed by atoms with van der Waals surface area (Å²) in [5.41, 5.74) is 6.57. The van der Waals surface area contributed by atoms with Gasteiger partial charge in [0.15, 0.2) is 0 Å².